The average Bonchev–Trinajstić information content (AvgIpc) is 3.15. The lowest BCUT2D eigenvalue weighted by Gasteiger charge is -2.30. The summed E-state index contributed by atoms with van der Waals surface area (Å²) < 4.78 is 0. The van der Waals surface area contributed by atoms with E-state index >= 15 is 0 Å². The monoisotopic (exact) mass is 269 g/mol. The molecule has 18 heavy (non-hydrogen) atoms. The second-order valence-electron chi connectivity index (χ2n) is 4.94. The third-order valence-electron chi connectivity index (χ3n) is 3.48. The number of hydrogen-bond acceptors (Lipinski definition) is 4. The molecule has 1 saturated carbocycles. The Bertz CT molecular complexity index is 476. The third-order valence-corrected chi connectivity index (χ3v) is 3.71. The highest BCUT2D eigenvalue weighted by atomic mass is 35.5. The van der Waals surface area contributed by atoms with Gasteiger partial charge in [-0.3, -0.25) is 10.1 Å². The summed E-state index contributed by atoms with van der Waals surface area (Å²) >= 11 is 5.78. The Morgan fingerprint density at radius 2 is 2.28 bits per heavy atom. The van der Waals surface area contributed by atoms with E-state index in [9.17, 15) is 10.1 Å². The summed E-state index contributed by atoms with van der Waals surface area (Å²) in [5, 5.41) is 14.6. The maximum Gasteiger partial charge on any atom is 0.293 e. The lowest BCUT2D eigenvalue weighted by Crippen LogP contribution is -2.44. The van der Waals surface area contributed by atoms with Gasteiger partial charge in [-0.1, -0.05) is 11.6 Å². The third kappa shape index (κ3) is 2.57. The average molecular weight is 270 g/mol. The molecule has 3 N–H and O–H groups in total. The van der Waals surface area contributed by atoms with Crippen LogP contribution >= 0.6 is 11.6 Å². The molecular formula is C12H16ClN3O2. The summed E-state index contributed by atoms with van der Waals surface area (Å²) in [5.74, 6) is 0.484. The van der Waals surface area contributed by atoms with E-state index in [-0.39, 0.29) is 11.2 Å². The van der Waals surface area contributed by atoms with Gasteiger partial charge in [-0.15, -0.1) is 0 Å². The zero-order valence-electron chi connectivity index (χ0n) is 10.1. The number of nitro benzene ring substituents is 1. The van der Waals surface area contributed by atoms with Gasteiger partial charge >= 0.3 is 0 Å². The first-order valence-electron chi connectivity index (χ1n) is 5.88. The topological polar surface area (TPSA) is 81.2 Å². The number of nitrogens with zero attached hydrogens (tertiary/aromatic N) is 1. The van der Waals surface area contributed by atoms with Crippen molar-refractivity contribution in [1.82, 2.24) is 0 Å². The minimum atomic E-state index is -0.432. The van der Waals surface area contributed by atoms with E-state index in [2.05, 4.69) is 5.32 Å². The van der Waals surface area contributed by atoms with E-state index in [1.54, 1.807) is 12.1 Å². The molecule has 5 nitrogen and oxygen atoms in total. The molecule has 1 aromatic rings. The number of hydrogen-bond donors (Lipinski definition) is 2. The van der Waals surface area contributed by atoms with E-state index in [0.29, 0.717) is 23.2 Å². The van der Waals surface area contributed by atoms with Gasteiger partial charge in [-0.25, -0.2) is 0 Å². The summed E-state index contributed by atoms with van der Waals surface area (Å²) in [7, 11) is 0. The zero-order valence-corrected chi connectivity index (χ0v) is 10.9. The number of nitrogens with two attached hydrogens (primary N) is 1. The van der Waals surface area contributed by atoms with Crippen molar-refractivity contribution < 1.29 is 4.92 Å². The Morgan fingerprint density at radius 1 is 1.61 bits per heavy atom. The van der Waals surface area contributed by atoms with Crippen LogP contribution < -0.4 is 11.1 Å². The molecule has 1 aliphatic carbocycles. The van der Waals surface area contributed by atoms with Gasteiger partial charge < -0.3 is 11.1 Å². The fourth-order valence-electron chi connectivity index (χ4n) is 2.11. The van der Waals surface area contributed by atoms with Crippen LogP contribution in [0.2, 0.25) is 5.02 Å². The van der Waals surface area contributed by atoms with Crippen molar-refractivity contribution in [3.05, 3.63) is 33.3 Å². The largest absolute Gasteiger partial charge is 0.373 e. The van der Waals surface area contributed by atoms with E-state index in [0.717, 1.165) is 12.8 Å². The van der Waals surface area contributed by atoms with Gasteiger partial charge in [0.1, 0.15) is 5.69 Å². The summed E-state index contributed by atoms with van der Waals surface area (Å²) in [5.41, 5.74) is 5.97. The van der Waals surface area contributed by atoms with Crippen molar-refractivity contribution in [3.8, 4) is 0 Å². The molecule has 0 aliphatic heterocycles. The molecule has 0 amide bonds. The molecule has 0 radical (unpaired) electrons. The summed E-state index contributed by atoms with van der Waals surface area (Å²) in [6.45, 7) is 2.44. The van der Waals surface area contributed by atoms with Crippen LogP contribution in [0.15, 0.2) is 18.2 Å². The molecule has 0 bridgehead atoms. The summed E-state index contributed by atoms with van der Waals surface area (Å²) in [6.07, 6.45) is 2.23. The molecule has 98 valence electrons. The van der Waals surface area contributed by atoms with Crippen molar-refractivity contribution >= 4 is 23.0 Å². The molecule has 2 rings (SSSR count). The second kappa shape index (κ2) is 4.74. The van der Waals surface area contributed by atoms with Crippen LogP contribution in [0.25, 0.3) is 0 Å². The van der Waals surface area contributed by atoms with Gasteiger partial charge in [0.25, 0.3) is 5.69 Å². The van der Waals surface area contributed by atoms with Gasteiger partial charge in [0.2, 0.25) is 0 Å². The highest BCUT2D eigenvalue weighted by Crippen LogP contribution is 2.42. The van der Waals surface area contributed by atoms with Crippen molar-refractivity contribution in [1.29, 1.82) is 0 Å². The fourth-order valence-corrected chi connectivity index (χ4v) is 2.28. The van der Waals surface area contributed by atoms with E-state index in [4.69, 9.17) is 17.3 Å². The highest BCUT2D eigenvalue weighted by molar-refractivity contribution is 6.30. The second-order valence-corrected chi connectivity index (χ2v) is 5.38. The van der Waals surface area contributed by atoms with Crippen LogP contribution in [-0.4, -0.2) is 17.0 Å². The Hall–Kier alpha value is -1.33. The molecule has 0 aromatic heterocycles. The molecule has 1 aliphatic rings. The van der Waals surface area contributed by atoms with E-state index < -0.39 is 4.92 Å². The minimum Gasteiger partial charge on any atom is -0.373 e. The molecule has 0 saturated heterocycles. The van der Waals surface area contributed by atoms with Crippen molar-refractivity contribution in [2.45, 2.75) is 25.3 Å². The predicted octanol–water partition coefficient (Wildman–Crippen LogP) is 2.79. The molecule has 0 heterocycles. The normalized spacial score (nSPS) is 18.2. The Labute approximate surface area is 110 Å². The number of nitro groups is 1. The Morgan fingerprint density at radius 3 is 2.78 bits per heavy atom. The number of anilines is 1. The summed E-state index contributed by atoms with van der Waals surface area (Å²) in [4.78, 5) is 10.6. The fraction of sp³-hybridized carbons (Fsp3) is 0.500. The predicted molar refractivity (Wildman–Crippen MR) is 71.9 cm³/mol. The van der Waals surface area contributed by atoms with Crippen molar-refractivity contribution in [2.75, 3.05) is 11.9 Å². The first-order chi connectivity index (χ1) is 8.46. The quantitative estimate of drug-likeness (QED) is 0.636. The van der Waals surface area contributed by atoms with E-state index in [1.165, 1.54) is 6.07 Å². The molecule has 1 atom stereocenters. The standard InChI is InChI=1S/C12H16ClN3O2/c1-12(7-14,8-2-3-8)15-10-5-4-9(13)6-11(10)16(17)18/h4-6,8,15H,2-3,7,14H2,1H3. The molecular weight excluding hydrogens is 254 g/mol. The van der Waals surface area contributed by atoms with Gasteiger partial charge in [0.15, 0.2) is 0 Å². The molecule has 6 heteroatoms. The summed E-state index contributed by atoms with van der Waals surface area (Å²) in [6, 6.07) is 4.63. The van der Waals surface area contributed by atoms with Gasteiger partial charge in [0.05, 0.1) is 4.92 Å². The van der Waals surface area contributed by atoms with Crippen molar-refractivity contribution in [3.63, 3.8) is 0 Å². The molecule has 1 fully saturated rings. The van der Waals surface area contributed by atoms with Gasteiger partial charge in [-0.05, 0) is 37.8 Å². The number of rotatable bonds is 5. The zero-order chi connectivity index (χ0) is 13.3. The SMILES string of the molecule is CC(CN)(Nc1ccc(Cl)cc1[N+](=O)[O-])C1CC1. The van der Waals surface area contributed by atoms with Crippen LogP contribution in [0.5, 0.6) is 0 Å². The first kappa shape index (κ1) is 13.1. The molecule has 0 spiro atoms. The van der Waals surface area contributed by atoms with Crippen molar-refractivity contribution in [2.24, 2.45) is 11.7 Å². The smallest absolute Gasteiger partial charge is 0.293 e. The molecule has 1 aromatic carbocycles. The lowest BCUT2D eigenvalue weighted by atomic mass is 9.95. The number of halogens is 1. The first-order valence-corrected chi connectivity index (χ1v) is 6.26. The van der Waals surface area contributed by atoms with Crippen LogP contribution in [0.3, 0.4) is 0 Å². The maximum atomic E-state index is 11.0. The minimum absolute atomic E-state index is 0.0113. The number of benzene rings is 1. The van der Waals surface area contributed by atoms with E-state index in [1.807, 2.05) is 6.92 Å². The highest BCUT2D eigenvalue weighted by Gasteiger charge is 2.41. The number of nitrogens with one attached hydrogen (secondary N) is 1. The maximum absolute atomic E-state index is 11.0. The van der Waals surface area contributed by atoms with Crippen LogP contribution in [0, 0.1) is 16.0 Å². The Kier molecular flexibility index (Phi) is 3.45. The lowest BCUT2D eigenvalue weighted by molar-refractivity contribution is -0.384. The van der Waals surface area contributed by atoms with Gasteiger partial charge in [0, 0.05) is 23.2 Å². The Balaban J connectivity index is 2.30. The van der Waals surface area contributed by atoms with Crippen LogP contribution in [0.4, 0.5) is 11.4 Å². The molecule has 1 unspecified atom stereocenters. The van der Waals surface area contributed by atoms with Gasteiger partial charge in [-0.2, -0.15) is 0 Å². The van der Waals surface area contributed by atoms with Crippen LogP contribution in [0.1, 0.15) is 19.8 Å². The van der Waals surface area contributed by atoms with Crippen LogP contribution in [-0.2, 0) is 0 Å².